The van der Waals surface area contributed by atoms with Gasteiger partial charge in [-0.25, -0.2) is 9.97 Å². The van der Waals surface area contributed by atoms with Gasteiger partial charge < -0.3 is 19.7 Å². The Balaban J connectivity index is 1.65. The topological polar surface area (TPSA) is 59.5 Å². The summed E-state index contributed by atoms with van der Waals surface area (Å²) in [6.45, 7) is 0.940. The Labute approximate surface area is 158 Å². The largest absolute Gasteiger partial charge is 0.497 e. The quantitative estimate of drug-likeness (QED) is 0.729. The van der Waals surface area contributed by atoms with Crippen LogP contribution in [-0.4, -0.2) is 30.7 Å². The van der Waals surface area contributed by atoms with Crippen molar-refractivity contribution >= 4 is 23.0 Å². The maximum Gasteiger partial charge on any atom is 0.142 e. The molecule has 0 bridgehead atoms. The minimum Gasteiger partial charge on any atom is -0.497 e. The van der Waals surface area contributed by atoms with Gasteiger partial charge in [-0.15, -0.1) is 0 Å². The van der Waals surface area contributed by atoms with Gasteiger partial charge in [0.05, 0.1) is 19.9 Å². The van der Waals surface area contributed by atoms with Crippen LogP contribution in [0.15, 0.2) is 54.9 Å². The molecule has 0 aliphatic carbocycles. The monoisotopic (exact) mass is 362 g/mol. The number of aryl methyl sites for hydroxylation is 1. The minimum atomic E-state index is 0.703. The van der Waals surface area contributed by atoms with Crippen LogP contribution in [-0.2, 0) is 6.42 Å². The Bertz CT molecular complexity index is 945. The summed E-state index contributed by atoms with van der Waals surface area (Å²) >= 11 is 0. The molecule has 2 aromatic carbocycles. The van der Waals surface area contributed by atoms with E-state index in [9.17, 15) is 0 Å². The van der Waals surface area contributed by atoms with E-state index in [1.807, 2.05) is 24.3 Å². The van der Waals surface area contributed by atoms with Crippen LogP contribution >= 0.6 is 0 Å². The first-order chi connectivity index (χ1) is 13.3. The molecule has 138 valence electrons. The molecule has 0 radical (unpaired) electrons. The van der Waals surface area contributed by atoms with Crippen molar-refractivity contribution in [3.8, 4) is 11.5 Å². The van der Waals surface area contributed by atoms with Gasteiger partial charge >= 0.3 is 0 Å². The van der Waals surface area contributed by atoms with Gasteiger partial charge in [0.2, 0.25) is 0 Å². The minimum absolute atomic E-state index is 0.703. The zero-order valence-corrected chi connectivity index (χ0v) is 15.5. The number of fused-ring (bicyclic) bond motifs is 1. The number of rotatable bonds is 5. The molecule has 2 heterocycles. The fourth-order valence-corrected chi connectivity index (χ4v) is 3.38. The van der Waals surface area contributed by atoms with Gasteiger partial charge in [0.1, 0.15) is 29.5 Å². The first-order valence-corrected chi connectivity index (χ1v) is 8.95. The van der Waals surface area contributed by atoms with Crippen LogP contribution in [0.3, 0.4) is 0 Å². The molecular weight excluding hydrogens is 340 g/mol. The van der Waals surface area contributed by atoms with E-state index >= 15 is 0 Å². The normalized spacial score (nSPS) is 13.0. The summed E-state index contributed by atoms with van der Waals surface area (Å²) in [5.74, 6) is 3.05. The molecule has 27 heavy (non-hydrogen) atoms. The lowest BCUT2D eigenvalue weighted by atomic mass is 10.0. The number of para-hydroxylation sites is 1. The van der Waals surface area contributed by atoms with Crippen LogP contribution in [0, 0.1) is 0 Å². The summed E-state index contributed by atoms with van der Waals surface area (Å²) in [4.78, 5) is 11.1. The van der Waals surface area contributed by atoms with E-state index in [1.165, 1.54) is 11.3 Å². The van der Waals surface area contributed by atoms with Crippen molar-refractivity contribution in [2.45, 2.75) is 12.8 Å². The number of hydrogen-bond acceptors (Lipinski definition) is 6. The number of methoxy groups -OCH3 is 2. The predicted octanol–water partition coefficient (Wildman–Crippen LogP) is 4.32. The molecule has 1 aliphatic rings. The number of anilines is 4. The number of nitrogens with one attached hydrogen (secondary N) is 1. The molecule has 3 aromatic rings. The smallest absolute Gasteiger partial charge is 0.142 e. The second-order valence-electron chi connectivity index (χ2n) is 6.34. The SMILES string of the molecule is COc1ccc(OC)c(Nc2cc(N3CCCc4ccccc43)ncn2)c1. The highest BCUT2D eigenvalue weighted by Crippen LogP contribution is 2.34. The van der Waals surface area contributed by atoms with Gasteiger partial charge in [-0.05, 0) is 36.6 Å². The third-order valence-electron chi connectivity index (χ3n) is 4.71. The van der Waals surface area contributed by atoms with Crippen molar-refractivity contribution in [1.29, 1.82) is 0 Å². The van der Waals surface area contributed by atoms with Crippen LogP contribution < -0.4 is 19.7 Å². The van der Waals surface area contributed by atoms with E-state index in [1.54, 1.807) is 20.5 Å². The Kier molecular flexibility index (Phi) is 4.78. The van der Waals surface area contributed by atoms with Crippen molar-refractivity contribution in [3.63, 3.8) is 0 Å². The maximum atomic E-state index is 5.44. The maximum absolute atomic E-state index is 5.44. The summed E-state index contributed by atoms with van der Waals surface area (Å²) in [5, 5.41) is 3.32. The van der Waals surface area contributed by atoms with Crippen LogP contribution in [0.2, 0.25) is 0 Å². The van der Waals surface area contributed by atoms with Gasteiger partial charge in [-0.2, -0.15) is 0 Å². The Hall–Kier alpha value is -3.28. The molecular formula is C21H22N4O2. The number of hydrogen-bond donors (Lipinski definition) is 1. The van der Waals surface area contributed by atoms with Crippen molar-refractivity contribution in [1.82, 2.24) is 9.97 Å². The van der Waals surface area contributed by atoms with E-state index in [4.69, 9.17) is 9.47 Å². The average molecular weight is 362 g/mol. The molecule has 0 saturated heterocycles. The standard InChI is InChI=1S/C21H22N4O2/c1-26-16-9-10-19(27-2)17(12-16)24-20-13-21(23-14-22-20)25-11-5-7-15-6-3-4-8-18(15)25/h3-4,6,8-10,12-14H,5,7,11H2,1-2H3,(H,22,23,24). The van der Waals surface area contributed by atoms with E-state index in [0.717, 1.165) is 42.4 Å². The molecule has 0 fully saturated rings. The van der Waals surface area contributed by atoms with Gasteiger partial charge in [0, 0.05) is 24.4 Å². The van der Waals surface area contributed by atoms with Crippen LogP contribution in [0.25, 0.3) is 0 Å². The van der Waals surface area contributed by atoms with E-state index < -0.39 is 0 Å². The molecule has 0 atom stereocenters. The lowest BCUT2D eigenvalue weighted by Crippen LogP contribution is -2.25. The van der Waals surface area contributed by atoms with E-state index in [2.05, 4.69) is 44.5 Å². The lowest BCUT2D eigenvalue weighted by Gasteiger charge is -2.30. The average Bonchev–Trinajstić information content (AvgIpc) is 2.73. The van der Waals surface area contributed by atoms with Gasteiger partial charge in [0.25, 0.3) is 0 Å². The van der Waals surface area contributed by atoms with Crippen molar-refractivity contribution in [3.05, 3.63) is 60.4 Å². The molecule has 1 N–H and O–H groups in total. The second kappa shape index (κ2) is 7.53. The van der Waals surface area contributed by atoms with Gasteiger partial charge in [0.15, 0.2) is 0 Å². The molecule has 1 aliphatic heterocycles. The molecule has 0 amide bonds. The Morgan fingerprint density at radius 3 is 2.74 bits per heavy atom. The third kappa shape index (κ3) is 3.51. The molecule has 6 nitrogen and oxygen atoms in total. The zero-order valence-electron chi connectivity index (χ0n) is 15.5. The highest BCUT2D eigenvalue weighted by Gasteiger charge is 2.19. The summed E-state index contributed by atoms with van der Waals surface area (Å²) in [7, 11) is 3.28. The van der Waals surface area contributed by atoms with Crippen LogP contribution in [0.5, 0.6) is 11.5 Å². The first-order valence-electron chi connectivity index (χ1n) is 8.95. The summed E-state index contributed by atoms with van der Waals surface area (Å²) < 4.78 is 10.8. The number of aromatic nitrogens is 2. The highest BCUT2D eigenvalue weighted by molar-refractivity contribution is 5.70. The molecule has 6 heteroatoms. The van der Waals surface area contributed by atoms with Gasteiger partial charge in [-0.3, -0.25) is 0 Å². The van der Waals surface area contributed by atoms with Gasteiger partial charge in [-0.1, -0.05) is 18.2 Å². The van der Waals surface area contributed by atoms with Crippen molar-refractivity contribution in [2.75, 3.05) is 31.0 Å². The third-order valence-corrected chi connectivity index (χ3v) is 4.71. The Morgan fingerprint density at radius 2 is 1.89 bits per heavy atom. The fraction of sp³-hybridized carbons (Fsp3) is 0.238. The first kappa shape index (κ1) is 17.1. The van der Waals surface area contributed by atoms with Crippen molar-refractivity contribution in [2.24, 2.45) is 0 Å². The molecule has 0 unspecified atom stereocenters. The molecule has 0 saturated carbocycles. The number of benzene rings is 2. The number of ether oxygens (including phenoxy) is 2. The highest BCUT2D eigenvalue weighted by atomic mass is 16.5. The van der Waals surface area contributed by atoms with E-state index in [0.29, 0.717) is 5.82 Å². The molecule has 0 spiro atoms. The van der Waals surface area contributed by atoms with Crippen molar-refractivity contribution < 1.29 is 9.47 Å². The molecule has 4 rings (SSSR count). The zero-order chi connectivity index (χ0) is 18.6. The molecule has 1 aromatic heterocycles. The number of nitrogens with zero attached hydrogens (tertiary/aromatic N) is 3. The summed E-state index contributed by atoms with van der Waals surface area (Å²) in [6.07, 6.45) is 3.79. The second-order valence-corrected chi connectivity index (χ2v) is 6.34. The van der Waals surface area contributed by atoms with E-state index in [-0.39, 0.29) is 0 Å². The lowest BCUT2D eigenvalue weighted by molar-refractivity contribution is 0.405. The summed E-state index contributed by atoms with van der Waals surface area (Å²) in [5.41, 5.74) is 3.36. The summed E-state index contributed by atoms with van der Waals surface area (Å²) in [6, 6.07) is 16.1. The van der Waals surface area contributed by atoms with Crippen LogP contribution in [0.4, 0.5) is 23.0 Å². The predicted molar refractivity (Wildman–Crippen MR) is 107 cm³/mol. The fourth-order valence-electron chi connectivity index (χ4n) is 3.38. The Morgan fingerprint density at radius 1 is 1.00 bits per heavy atom. The van der Waals surface area contributed by atoms with Crippen LogP contribution in [0.1, 0.15) is 12.0 Å².